The second kappa shape index (κ2) is 6.15. The summed E-state index contributed by atoms with van der Waals surface area (Å²) in [4.78, 5) is 11.5. The van der Waals surface area contributed by atoms with Crippen LogP contribution in [0.5, 0.6) is 0 Å². The maximum atomic E-state index is 11.6. The molecular weight excluding hydrogens is 308 g/mol. The maximum Gasteiger partial charge on any atom is 0.233 e. The van der Waals surface area contributed by atoms with Crippen molar-refractivity contribution in [1.82, 2.24) is 9.62 Å². The van der Waals surface area contributed by atoms with E-state index in [1.807, 2.05) is 6.92 Å². The molecule has 1 fully saturated rings. The van der Waals surface area contributed by atoms with Gasteiger partial charge >= 0.3 is 0 Å². The molecule has 1 unspecified atom stereocenters. The van der Waals surface area contributed by atoms with E-state index in [-0.39, 0.29) is 16.8 Å². The van der Waals surface area contributed by atoms with Crippen molar-refractivity contribution in [1.29, 1.82) is 0 Å². The third-order valence-electron chi connectivity index (χ3n) is 2.91. The van der Waals surface area contributed by atoms with Gasteiger partial charge in [0.05, 0.1) is 11.1 Å². The highest BCUT2D eigenvalue weighted by Crippen LogP contribution is 2.14. The van der Waals surface area contributed by atoms with Gasteiger partial charge in [0.15, 0.2) is 0 Å². The number of nitrogens with one attached hydrogen (secondary N) is 1. The Balaban J connectivity index is 2.40. The lowest BCUT2D eigenvalue weighted by Gasteiger charge is -2.31. The Labute approximate surface area is 111 Å². The zero-order valence-corrected chi connectivity index (χ0v) is 12.6. The SMILES string of the molecule is CCC(Br)C(=O)NC1CCN(S(C)(=O)=O)CC1. The normalized spacial score (nSPS) is 21.1. The topological polar surface area (TPSA) is 66.5 Å². The van der Waals surface area contributed by atoms with Gasteiger partial charge in [-0.3, -0.25) is 4.79 Å². The molecule has 0 aromatic rings. The van der Waals surface area contributed by atoms with Crippen molar-refractivity contribution in [2.45, 2.75) is 37.1 Å². The van der Waals surface area contributed by atoms with Crippen LogP contribution in [0.15, 0.2) is 0 Å². The van der Waals surface area contributed by atoms with Gasteiger partial charge in [-0.15, -0.1) is 0 Å². The number of alkyl halides is 1. The summed E-state index contributed by atoms with van der Waals surface area (Å²) in [6.07, 6.45) is 3.33. The smallest absolute Gasteiger partial charge is 0.233 e. The van der Waals surface area contributed by atoms with E-state index in [4.69, 9.17) is 0 Å². The van der Waals surface area contributed by atoms with Crippen molar-refractivity contribution in [3.63, 3.8) is 0 Å². The van der Waals surface area contributed by atoms with Crippen LogP contribution < -0.4 is 5.32 Å². The minimum atomic E-state index is -3.09. The predicted octanol–water partition coefficient (Wildman–Crippen LogP) is 0.700. The van der Waals surface area contributed by atoms with E-state index in [9.17, 15) is 13.2 Å². The van der Waals surface area contributed by atoms with E-state index in [2.05, 4.69) is 21.2 Å². The van der Waals surface area contributed by atoms with Crippen molar-refractivity contribution in [3.05, 3.63) is 0 Å². The Morgan fingerprint density at radius 3 is 2.41 bits per heavy atom. The molecule has 0 aliphatic carbocycles. The fraction of sp³-hybridized carbons (Fsp3) is 0.900. The van der Waals surface area contributed by atoms with Gasteiger partial charge in [-0.25, -0.2) is 12.7 Å². The first-order chi connectivity index (χ1) is 7.84. The van der Waals surface area contributed by atoms with Crippen LogP contribution in [-0.4, -0.2) is 48.8 Å². The highest BCUT2D eigenvalue weighted by atomic mass is 79.9. The first-order valence-electron chi connectivity index (χ1n) is 5.74. The van der Waals surface area contributed by atoms with E-state index in [1.54, 1.807) is 0 Å². The van der Waals surface area contributed by atoms with Crippen molar-refractivity contribution in [3.8, 4) is 0 Å². The van der Waals surface area contributed by atoms with Crippen molar-refractivity contribution in [2.24, 2.45) is 0 Å². The molecule has 1 aliphatic heterocycles. The lowest BCUT2D eigenvalue weighted by molar-refractivity contribution is -0.121. The fourth-order valence-corrected chi connectivity index (χ4v) is 2.82. The molecule has 0 bridgehead atoms. The average molecular weight is 327 g/mol. The van der Waals surface area contributed by atoms with E-state index in [0.717, 1.165) is 6.42 Å². The summed E-state index contributed by atoms with van der Waals surface area (Å²) < 4.78 is 24.1. The summed E-state index contributed by atoms with van der Waals surface area (Å²) in [5.74, 6) is -0.00898. The largest absolute Gasteiger partial charge is 0.352 e. The van der Waals surface area contributed by atoms with Gasteiger partial charge in [0.1, 0.15) is 0 Å². The molecule has 100 valence electrons. The number of piperidine rings is 1. The van der Waals surface area contributed by atoms with Gasteiger partial charge in [0, 0.05) is 19.1 Å². The van der Waals surface area contributed by atoms with E-state index >= 15 is 0 Å². The Hall–Kier alpha value is -0.140. The molecule has 0 spiro atoms. The Kier molecular flexibility index (Phi) is 5.40. The zero-order valence-electron chi connectivity index (χ0n) is 10.1. The molecule has 0 saturated carbocycles. The third-order valence-corrected chi connectivity index (χ3v) is 5.28. The molecule has 5 nitrogen and oxygen atoms in total. The zero-order chi connectivity index (χ0) is 13.1. The number of amides is 1. The molecule has 1 heterocycles. The van der Waals surface area contributed by atoms with Gasteiger partial charge in [0.2, 0.25) is 15.9 Å². The van der Waals surface area contributed by atoms with Crippen LogP contribution in [0.2, 0.25) is 0 Å². The number of hydrogen-bond donors (Lipinski definition) is 1. The molecule has 1 N–H and O–H groups in total. The Morgan fingerprint density at radius 2 is 2.00 bits per heavy atom. The van der Waals surface area contributed by atoms with Crippen molar-refractivity contribution < 1.29 is 13.2 Å². The third kappa shape index (κ3) is 4.56. The van der Waals surface area contributed by atoms with Crippen LogP contribution in [0.1, 0.15) is 26.2 Å². The molecule has 17 heavy (non-hydrogen) atoms. The van der Waals surface area contributed by atoms with Crippen molar-refractivity contribution in [2.75, 3.05) is 19.3 Å². The van der Waals surface area contributed by atoms with Gasteiger partial charge in [0.25, 0.3) is 0 Å². The van der Waals surface area contributed by atoms with Crippen LogP contribution in [0.25, 0.3) is 0 Å². The maximum absolute atomic E-state index is 11.6. The Morgan fingerprint density at radius 1 is 1.47 bits per heavy atom. The molecule has 1 rings (SSSR count). The summed E-state index contributed by atoms with van der Waals surface area (Å²) in [6, 6.07) is 0.0899. The summed E-state index contributed by atoms with van der Waals surface area (Å²) >= 11 is 3.29. The number of carbonyl (C=O) groups is 1. The van der Waals surface area contributed by atoms with E-state index in [0.29, 0.717) is 25.9 Å². The van der Waals surface area contributed by atoms with Crippen molar-refractivity contribution >= 4 is 31.9 Å². The first-order valence-corrected chi connectivity index (χ1v) is 8.50. The minimum absolute atomic E-state index is 0.00898. The van der Waals surface area contributed by atoms with E-state index < -0.39 is 10.0 Å². The van der Waals surface area contributed by atoms with Gasteiger partial charge in [-0.1, -0.05) is 22.9 Å². The molecule has 1 amide bonds. The molecule has 0 aromatic heterocycles. The second-order valence-corrected chi connectivity index (χ2v) is 7.41. The lowest BCUT2D eigenvalue weighted by Crippen LogP contribution is -2.47. The first kappa shape index (κ1) is 14.9. The predicted molar refractivity (Wildman–Crippen MR) is 70.6 cm³/mol. The van der Waals surface area contributed by atoms with Crippen LogP contribution in [0.3, 0.4) is 0 Å². The fourth-order valence-electron chi connectivity index (χ4n) is 1.81. The molecule has 1 saturated heterocycles. The minimum Gasteiger partial charge on any atom is -0.352 e. The van der Waals surface area contributed by atoms with Gasteiger partial charge < -0.3 is 5.32 Å². The van der Waals surface area contributed by atoms with Gasteiger partial charge in [-0.05, 0) is 19.3 Å². The van der Waals surface area contributed by atoms with E-state index in [1.165, 1.54) is 10.6 Å². The summed E-state index contributed by atoms with van der Waals surface area (Å²) in [6.45, 7) is 2.91. The summed E-state index contributed by atoms with van der Waals surface area (Å²) in [5, 5.41) is 2.93. The van der Waals surface area contributed by atoms with Crippen LogP contribution >= 0.6 is 15.9 Å². The summed E-state index contributed by atoms with van der Waals surface area (Å²) in [7, 11) is -3.09. The molecular formula is C10H19BrN2O3S. The van der Waals surface area contributed by atoms with Crippen LogP contribution in [0.4, 0.5) is 0 Å². The monoisotopic (exact) mass is 326 g/mol. The molecule has 1 aliphatic rings. The highest BCUT2D eigenvalue weighted by Gasteiger charge is 2.26. The highest BCUT2D eigenvalue weighted by molar-refractivity contribution is 9.10. The Bertz CT molecular complexity index is 364. The number of hydrogen-bond acceptors (Lipinski definition) is 3. The van der Waals surface area contributed by atoms with Crippen LogP contribution in [-0.2, 0) is 14.8 Å². The quantitative estimate of drug-likeness (QED) is 0.773. The number of rotatable bonds is 4. The average Bonchev–Trinajstić information content (AvgIpc) is 2.27. The second-order valence-electron chi connectivity index (χ2n) is 4.32. The molecule has 0 aromatic carbocycles. The molecule has 1 atom stereocenters. The van der Waals surface area contributed by atoms with Crippen LogP contribution in [0, 0.1) is 0 Å². The number of halogens is 1. The van der Waals surface area contributed by atoms with Gasteiger partial charge in [-0.2, -0.15) is 0 Å². The summed E-state index contributed by atoms with van der Waals surface area (Å²) in [5.41, 5.74) is 0. The number of sulfonamides is 1. The standard InChI is InChI=1S/C10H19BrN2O3S/c1-3-9(11)10(14)12-8-4-6-13(7-5-8)17(2,15)16/h8-9H,3-7H2,1-2H3,(H,12,14). The molecule has 7 heteroatoms. The molecule has 0 radical (unpaired) electrons. The lowest BCUT2D eigenvalue weighted by atomic mass is 10.1. The number of nitrogens with zero attached hydrogens (tertiary/aromatic N) is 1. The number of carbonyl (C=O) groups excluding carboxylic acids is 1.